The van der Waals surface area contributed by atoms with Gasteiger partial charge >= 0.3 is 0 Å². The number of hydrogen-bond acceptors (Lipinski definition) is 6. The summed E-state index contributed by atoms with van der Waals surface area (Å²) in [5.74, 6) is 0.194. The molecule has 30 heavy (non-hydrogen) atoms. The molecule has 3 heterocycles. The Hall–Kier alpha value is -2.49. The van der Waals surface area contributed by atoms with E-state index >= 15 is 0 Å². The van der Waals surface area contributed by atoms with Gasteiger partial charge < -0.3 is 10.1 Å². The van der Waals surface area contributed by atoms with Gasteiger partial charge in [-0.1, -0.05) is 0 Å². The van der Waals surface area contributed by atoms with Gasteiger partial charge in [0.05, 0.1) is 26.5 Å². The van der Waals surface area contributed by atoms with Crippen LogP contribution in [0.15, 0.2) is 46.8 Å². The van der Waals surface area contributed by atoms with E-state index in [1.54, 1.807) is 35.0 Å². The quantitative estimate of drug-likeness (QED) is 0.669. The lowest BCUT2D eigenvalue weighted by Gasteiger charge is -2.17. The Labute approximate surface area is 178 Å². The smallest absolute Gasteiger partial charge is 0.243 e. The van der Waals surface area contributed by atoms with Crippen molar-refractivity contribution in [3.63, 3.8) is 0 Å². The van der Waals surface area contributed by atoms with Crippen LogP contribution in [0.4, 0.5) is 5.69 Å². The van der Waals surface area contributed by atoms with Crippen molar-refractivity contribution in [1.29, 1.82) is 0 Å². The zero-order valence-corrected chi connectivity index (χ0v) is 18.0. The van der Waals surface area contributed by atoms with E-state index in [0.717, 1.165) is 21.5 Å². The maximum Gasteiger partial charge on any atom is 0.243 e. The maximum absolute atomic E-state index is 13.1. The predicted molar refractivity (Wildman–Crippen MR) is 115 cm³/mol. The zero-order valence-electron chi connectivity index (χ0n) is 16.4. The third-order valence-electron chi connectivity index (χ3n) is 5.62. The van der Waals surface area contributed by atoms with Crippen LogP contribution in [0.3, 0.4) is 0 Å². The molecule has 1 saturated heterocycles. The Kier molecular flexibility index (Phi) is 4.76. The first-order valence-electron chi connectivity index (χ1n) is 9.84. The second-order valence-corrected chi connectivity index (χ2v) is 10.6. The monoisotopic (exact) mass is 443 g/mol. The van der Waals surface area contributed by atoms with E-state index in [1.807, 2.05) is 25.1 Å². The number of ether oxygens (including phenoxy) is 1. The Balaban J connectivity index is 1.29. The summed E-state index contributed by atoms with van der Waals surface area (Å²) < 4.78 is 34.3. The van der Waals surface area contributed by atoms with Gasteiger partial charge in [-0.05, 0) is 55.3 Å². The molecule has 0 radical (unpaired) electrons. The van der Waals surface area contributed by atoms with E-state index in [9.17, 15) is 13.2 Å². The number of sulfonamides is 1. The third-order valence-corrected chi connectivity index (χ3v) is 8.30. The number of nitrogens with one attached hydrogen (secondary N) is 1. The molecule has 2 aliphatic rings. The van der Waals surface area contributed by atoms with E-state index < -0.39 is 10.0 Å². The number of benzene rings is 2. The largest absolute Gasteiger partial charge is 0.490 e. The molecule has 1 fully saturated rings. The molecule has 1 unspecified atom stereocenters. The van der Waals surface area contributed by atoms with Gasteiger partial charge in [0.2, 0.25) is 15.9 Å². The minimum absolute atomic E-state index is 0.0568. The van der Waals surface area contributed by atoms with Crippen molar-refractivity contribution in [3.05, 3.63) is 47.5 Å². The maximum atomic E-state index is 13.1. The average molecular weight is 444 g/mol. The van der Waals surface area contributed by atoms with Crippen molar-refractivity contribution in [2.24, 2.45) is 5.92 Å². The molecule has 1 aromatic heterocycles. The van der Waals surface area contributed by atoms with Crippen molar-refractivity contribution < 1.29 is 17.9 Å². The van der Waals surface area contributed by atoms with Crippen molar-refractivity contribution in [3.8, 4) is 5.75 Å². The van der Waals surface area contributed by atoms with Gasteiger partial charge in [-0.15, -0.1) is 11.3 Å². The lowest BCUT2D eigenvalue weighted by Crippen LogP contribution is -2.31. The molecule has 5 rings (SSSR count). The van der Waals surface area contributed by atoms with Gasteiger partial charge in [-0.2, -0.15) is 4.31 Å². The Morgan fingerprint density at radius 1 is 1.27 bits per heavy atom. The number of hydrogen-bond donors (Lipinski definition) is 1. The Morgan fingerprint density at radius 3 is 3.00 bits per heavy atom. The molecule has 0 bridgehead atoms. The highest BCUT2D eigenvalue weighted by molar-refractivity contribution is 7.89. The van der Waals surface area contributed by atoms with Crippen molar-refractivity contribution in [1.82, 2.24) is 9.29 Å². The van der Waals surface area contributed by atoms with E-state index in [2.05, 4.69) is 10.3 Å². The van der Waals surface area contributed by atoms with Crippen LogP contribution in [0, 0.1) is 5.92 Å². The number of carbonyl (C=O) groups is 1. The molecule has 1 N–H and O–H groups in total. The number of rotatable bonds is 4. The minimum Gasteiger partial charge on any atom is -0.490 e. The first kappa shape index (κ1) is 19.5. The summed E-state index contributed by atoms with van der Waals surface area (Å²) in [4.78, 5) is 17.2. The van der Waals surface area contributed by atoms with Crippen LogP contribution in [-0.4, -0.2) is 42.8 Å². The Morgan fingerprint density at radius 2 is 2.13 bits per heavy atom. The van der Waals surface area contributed by atoms with E-state index in [1.165, 1.54) is 4.31 Å². The van der Waals surface area contributed by atoms with Gasteiger partial charge in [0.15, 0.2) is 0 Å². The number of fused-ring (bicyclic) bond motifs is 2. The standard InChI is InChI=1S/C21H21N3O4S2/c1-13-8-15-9-17(3-4-19(15)28-13)30(26,27)24-7-6-14(11-24)21(25)23-16-2-5-20-18(10-16)22-12-29-20/h2-5,9-10,12-14H,6-8,11H2,1H3,(H,23,25)/t13?,14-/m1/s1. The number of thiazole rings is 1. The van der Waals surface area contributed by atoms with Crippen LogP contribution >= 0.6 is 11.3 Å². The molecule has 2 aliphatic heterocycles. The molecule has 0 spiro atoms. The highest BCUT2D eigenvalue weighted by atomic mass is 32.2. The molecule has 7 nitrogen and oxygen atoms in total. The fourth-order valence-corrected chi connectivity index (χ4v) is 6.26. The van der Waals surface area contributed by atoms with E-state index in [4.69, 9.17) is 4.74 Å². The summed E-state index contributed by atoms with van der Waals surface area (Å²) >= 11 is 1.54. The van der Waals surface area contributed by atoms with Gasteiger partial charge in [0, 0.05) is 25.2 Å². The number of aromatic nitrogens is 1. The summed E-state index contributed by atoms with van der Waals surface area (Å²) in [6, 6.07) is 10.6. The first-order chi connectivity index (χ1) is 14.4. The van der Waals surface area contributed by atoms with Gasteiger partial charge in [0.1, 0.15) is 11.9 Å². The molecule has 2 atom stereocenters. The number of anilines is 1. The number of carbonyl (C=O) groups excluding carboxylic acids is 1. The number of amides is 1. The van der Waals surface area contributed by atoms with E-state index in [0.29, 0.717) is 25.1 Å². The fourth-order valence-electron chi connectivity index (χ4n) is 4.05. The highest BCUT2D eigenvalue weighted by Crippen LogP contribution is 2.33. The summed E-state index contributed by atoms with van der Waals surface area (Å²) in [6.07, 6.45) is 1.25. The highest BCUT2D eigenvalue weighted by Gasteiger charge is 2.36. The minimum atomic E-state index is -3.65. The van der Waals surface area contributed by atoms with Crippen LogP contribution in [0.1, 0.15) is 18.9 Å². The van der Waals surface area contributed by atoms with Crippen LogP contribution in [-0.2, 0) is 21.2 Å². The van der Waals surface area contributed by atoms with Crippen molar-refractivity contribution in [2.45, 2.75) is 30.8 Å². The molecule has 3 aromatic rings. The molecule has 2 aromatic carbocycles. The molecule has 9 heteroatoms. The first-order valence-corrected chi connectivity index (χ1v) is 12.2. The molecule has 0 aliphatic carbocycles. The fraction of sp³-hybridized carbons (Fsp3) is 0.333. The average Bonchev–Trinajstić information content (AvgIpc) is 3.45. The van der Waals surface area contributed by atoms with Gasteiger partial charge in [0.25, 0.3) is 0 Å². The lowest BCUT2D eigenvalue weighted by atomic mass is 10.1. The molecular weight excluding hydrogens is 422 g/mol. The summed E-state index contributed by atoms with van der Waals surface area (Å²) in [5, 5.41) is 2.90. The SMILES string of the molecule is CC1Cc2cc(S(=O)(=O)N3CC[C@@H](C(=O)Nc4ccc5scnc5c4)C3)ccc2O1. The van der Waals surface area contributed by atoms with Crippen LogP contribution in [0.5, 0.6) is 5.75 Å². The molecule has 0 saturated carbocycles. The zero-order chi connectivity index (χ0) is 20.9. The van der Waals surface area contributed by atoms with Gasteiger partial charge in [-0.3, -0.25) is 4.79 Å². The molecular formula is C21H21N3O4S2. The van der Waals surface area contributed by atoms with Crippen LogP contribution < -0.4 is 10.1 Å². The van der Waals surface area contributed by atoms with Crippen molar-refractivity contribution in [2.75, 3.05) is 18.4 Å². The lowest BCUT2D eigenvalue weighted by molar-refractivity contribution is -0.119. The van der Waals surface area contributed by atoms with Gasteiger partial charge in [-0.25, -0.2) is 13.4 Å². The van der Waals surface area contributed by atoms with Crippen molar-refractivity contribution >= 4 is 43.2 Å². The second-order valence-electron chi connectivity index (χ2n) is 7.77. The van der Waals surface area contributed by atoms with E-state index in [-0.39, 0.29) is 29.4 Å². The molecule has 156 valence electrons. The van der Waals surface area contributed by atoms with Crippen LogP contribution in [0.2, 0.25) is 0 Å². The summed E-state index contributed by atoms with van der Waals surface area (Å²) in [6.45, 7) is 2.47. The van der Waals surface area contributed by atoms with Crippen LogP contribution in [0.25, 0.3) is 10.2 Å². The summed E-state index contributed by atoms with van der Waals surface area (Å²) in [5.41, 5.74) is 4.19. The summed E-state index contributed by atoms with van der Waals surface area (Å²) in [7, 11) is -3.65. The normalized spacial score (nSPS) is 21.5. The Bertz CT molecular complexity index is 1240. The predicted octanol–water partition coefficient (Wildman–Crippen LogP) is 3.27. The number of nitrogens with zero attached hydrogens (tertiary/aromatic N) is 2. The molecule has 1 amide bonds. The second kappa shape index (κ2) is 7.33. The topological polar surface area (TPSA) is 88.6 Å². The third kappa shape index (κ3) is 3.46.